The van der Waals surface area contributed by atoms with Crippen molar-refractivity contribution in [3.8, 4) is 0 Å². The summed E-state index contributed by atoms with van der Waals surface area (Å²) >= 11 is 17.9. The van der Waals surface area contributed by atoms with E-state index in [2.05, 4.69) is 5.32 Å². The molecule has 0 fully saturated rings. The number of primary amides is 1. The van der Waals surface area contributed by atoms with E-state index in [1.165, 1.54) is 24.3 Å². The van der Waals surface area contributed by atoms with Gasteiger partial charge in [0.15, 0.2) is 0 Å². The summed E-state index contributed by atoms with van der Waals surface area (Å²) in [5, 5.41) is 4.02. The monoisotopic (exact) mass is 346 g/mol. The molecule has 0 unspecified atom stereocenters. The van der Waals surface area contributed by atoms with Crippen LogP contribution in [0.2, 0.25) is 15.1 Å². The molecule has 2 rings (SSSR count). The second-order valence-electron chi connectivity index (χ2n) is 4.27. The first-order valence-electron chi connectivity index (χ1n) is 5.85. The lowest BCUT2D eigenvalue weighted by atomic mass is 10.1. The molecule has 2 aromatic rings. The van der Waals surface area contributed by atoms with Crippen molar-refractivity contribution in [3.63, 3.8) is 0 Å². The Balaban J connectivity index is 2.19. The van der Waals surface area contributed by atoms with E-state index in [1.54, 1.807) is 0 Å². The Morgan fingerprint density at radius 3 is 2.29 bits per heavy atom. The SMILES string of the molecule is NC(=O)c1ccc(CNc2c(Cl)cc(Cl)cc2Cl)c(F)c1. The molecule has 7 heteroatoms. The Morgan fingerprint density at radius 1 is 1.14 bits per heavy atom. The van der Waals surface area contributed by atoms with Crippen LogP contribution in [-0.2, 0) is 6.54 Å². The van der Waals surface area contributed by atoms with Gasteiger partial charge < -0.3 is 11.1 Å². The molecular formula is C14H10Cl3FN2O. The van der Waals surface area contributed by atoms with Crippen molar-refractivity contribution in [3.05, 3.63) is 62.3 Å². The van der Waals surface area contributed by atoms with Crippen molar-refractivity contribution in [2.75, 3.05) is 5.32 Å². The lowest BCUT2D eigenvalue weighted by Crippen LogP contribution is -2.12. The largest absolute Gasteiger partial charge is 0.378 e. The third-order valence-corrected chi connectivity index (χ3v) is 3.61. The Hall–Kier alpha value is -1.49. The van der Waals surface area contributed by atoms with Crippen LogP contribution in [0.1, 0.15) is 15.9 Å². The van der Waals surface area contributed by atoms with E-state index in [9.17, 15) is 9.18 Å². The molecule has 2 aromatic carbocycles. The first kappa shape index (κ1) is 15.9. The second-order valence-corrected chi connectivity index (χ2v) is 5.52. The highest BCUT2D eigenvalue weighted by Gasteiger charge is 2.10. The van der Waals surface area contributed by atoms with Crippen molar-refractivity contribution in [1.82, 2.24) is 0 Å². The van der Waals surface area contributed by atoms with Crippen LogP contribution in [-0.4, -0.2) is 5.91 Å². The molecular weight excluding hydrogens is 338 g/mol. The number of benzene rings is 2. The minimum absolute atomic E-state index is 0.110. The van der Waals surface area contributed by atoms with Gasteiger partial charge in [0, 0.05) is 22.7 Å². The molecule has 3 N–H and O–H groups in total. The number of carbonyl (C=O) groups is 1. The van der Waals surface area contributed by atoms with Gasteiger partial charge in [-0.25, -0.2) is 4.39 Å². The maximum atomic E-state index is 13.8. The molecule has 0 radical (unpaired) electrons. The topological polar surface area (TPSA) is 55.1 Å². The van der Waals surface area contributed by atoms with Crippen LogP contribution >= 0.6 is 34.8 Å². The summed E-state index contributed by atoms with van der Waals surface area (Å²) < 4.78 is 13.8. The van der Waals surface area contributed by atoms with E-state index in [0.29, 0.717) is 26.3 Å². The van der Waals surface area contributed by atoms with E-state index in [4.69, 9.17) is 40.5 Å². The first-order chi connectivity index (χ1) is 9.88. The molecule has 0 heterocycles. The average Bonchev–Trinajstić information content (AvgIpc) is 2.38. The second kappa shape index (κ2) is 6.52. The van der Waals surface area contributed by atoms with E-state index < -0.39 is 11.7 Å². The van der Waals surface area contributed by atoms with Gasteiger partial charge in [0.1, 0.15) is 5.82 Å². The van der Waals surface area contributed by atoms with Crippen molar-refractivity contribution >= 4 is 46.4 Å². The summed E-state index contributed by atoms with van der Waals surface area (Å²) in [6.45, 7) is 0.145. The minimum atomic E-state index is -0.683. The molecule has 0 aliphatic carbocycles. The average molecular weight is 348 g/mol. The van der Waals surface area contributed by atoms with E-state index in [0.717, 1.165) is 6.07 Å². The van der Waals surface area contributed by atoms with Crippen LogP contribution in [0.5, 0.6) is 0 Å². The normalized spacial score (nSPS) is 10.5. The van der Waals surface area contributed by atoms with E-state index in [1.807, 2.05) is 0 Å². The highest BCUT2D eigenvalue weighted by atomic mass is 35.5. The van der Waals surface area contributed by atoms with Gasteiger partial charge in [-0.15, -0.1) is 0 Å². The van der Waals surface area contributed by atoms with Gasteiger partial charge >= 0.3 is 0 Å². The molecule has 0 saturated heterocycles. The number of nitrogens with one attached hydrogen (secondary N) is 1. The highest BCUT2D eigenvalue weighted by molar-refractivity contribution is 6.41. The molecule has 0 aliphatic rings. The van der Waals surface area contributed by atoms with Gasteiger partial charge in [0.05, 0.1) is 15.7 Å². The van der Waals surface area contributed by atoms with Crippen LogP contribution in [0.25, 0.3) is 0 Å². The Kier molecular flexibility index (Phi) is 4.93. The number of halogens is 4. The quantitative estimate of drug-likeness (QED) is 0.855. The molecule has 21 heavy (non-hydrogen) atoms. The van der Waals surface area contributed by atoms with Gasteiger partial charge in [-0.3, -0.25) is 4.79 Å². The molecule has 110 valence electrons. The van der Waals surface area contributed by atoms with Crippen molar-refractivity contribution in [2.45, 2.75) is 6.54 Å². The number of amides is 1. The predicted molar refractivity (Wildman–Crippen MR) is 83.7 cm³/mol. The van der Waals surface area contributed by atoms with Gasteiger partial charge in [-0.05, 0) is 24.3 Å². The van der Waals surface area contributed by atoms with Crippen LogP contribution in [0.3, 0.4) is 0 Å². The zero-order valence-corrected chi connectivity index (χ0v) is 12.9. The third kappa shape index (κ3) is 3.79. The van der Waals surface area contributed by atoms with Crippen molar-refractivity contribution < 1.29 is 9.18 Å². The Labute approximate surface area is 135 Å². The van der Waals surface area contributed by atoms with Crippen molar-refractivity contribution in [1.29, 1.82) is 0 Å². The molecule has 1 amide bonds. The highest BCUT2D eigenvalue weighted by Crippen LogP contribution is 2.34. The maximum Gasteiger partial charge on any atom is 0.248 e. The smallest absolute Gasteiger partial charge is 0.248 e. The number of rotatable bonds is 4. The van der Waals surface area contributed by atoms with Crippen LogP contribution < -0.4 is 11.1 Å². The number of anilines is 1. The van der Waals surface area contributed by atoms with Gasteiger partial charge in [-0.1, -0.05) is 40.9 Å². The number of hydrogen-bond acceptors (Lipinski definition) is 2. The summed E-state index contributed by atoms with van der Waals surface area (Å²) in [5.74, 6) is -1.22. The summed E-state index contributed by atoms with van der Waals surface area (Å²) in [6.07, 6.45) is 0. The van der Waals surface area contributed by atoms with Gasteiger partial charge in [-0.2, -0.15) is 0 Å². The Morgan fingerprint density at radius 2 is 1.76 bits per heavy atom. The van der Waals surface area contributed by atoms with Gasteiger partial charge in [0.25, 0.3) is 0 Å². The molecule has 0 bridgehead atoms. The molecule has 0 spiro atoms. The zero-order valence-electron chi connectivity index (χ0n) is 10.6. The standard InChI is InChI=1S/C14H10Cl3FN2O/c15-9-4-10(16)13(11(17)5-9)20-6-8-2-1-7(14(19)21)3-12(8)18/h1-5,20H,6H2,(H2,19,21). The number of hydrogen-bond donors (Lipinski definition) is 2. The lowest BCUT2D eigenvalue weighted by molar-refractivity contribution is 0.1000. The van der Waals surface area contributed by atoms with Gasteiger partial charge in [0.2, 0.25) is 5.91 Å². The summed E-state index contributed by atoms with van der Waals surface area (Å²) in [7, 11) is 0. The summed E-state index contributed by atoms with van der Waals surface area (Å²) in [6, 6.07) is 7.08. The van der Waals surface area contributed by atoms with Crippen LogP contribution in [0.15, 0.2) is 30.3 Å². The molecule has 0 saturated carbocycles. The lowest BCUT2D eigenvalue weighted by Gasteiger charge is -2.12. The van der Waals surface area contributed by atoms with E-state index in [-0.39, 0.29) is 12.1 Å². The Bertz CT molecular complexity index is 684. The number of nitrogens with two attached hydrogens (primary N) is 1. The number of carbonyl (C=O) groups excluding carboxylic acids is 1. The molecule has 3 nitrogen and oxygen atoms in total. The molecule has 0 atom stereocenters. The first-order valence-corrected chi connectivity index (χ1v) is 6.98. The van der Waals surface area contributed by atoms with E-state index >= 15 is 0 Å². The fourth-order valence-corrected chi connectivity index (χ4v) is 2.69. The molecule has 0 aromatic heterocycles. The van der Waals surface area contributed by atoms with Crippen LogP contribution in [0, 0.1) is 5.82 Å². The fraction of sp³-hybridized carbons (Fsp3) is 0.0714. The van der Waals surface area contributed by atoms with Crippen molar-refractivity contribution in [2.24, 2.45) is 5.73 Å². The predicted octanol–water partition coefficient (Wildman–Crippen LogP) is 4.50. The minimum Gasteiger partial charge on any atom is -0.378 e. The fourth-order valence-electron chi connectivity index (χ4n) is 1.74. The zero-order chi connectivity index (χ0) is 15.6. The summed E-state index contributed by atoms with van der Waals surface area (Å²) in [5.41, 5.74) is 6.00. The third-order valence-electron chi connectivity index (χ3n) is 2.80. The van der Waals surface area contributed by atoms with Crippen LogP contribution in [0.4, 0.5) is 10.1 Å². The summed E-state index contributed by atoms with van der Waals surface area (Å²) in [4.78, 5) is 11.0. The molecule has 0 aliphatic heterocycles. The maximum absolute atomic E-state index is 13.8.